The molecular formula is C29H25BrN2O4S. The van der Waals surface area contributed by atoms with Gasteiger partial charge in [-0.3, -0.25) is 4.79 Å². The second kappa shape index (κ2) is 13.1. The number of benzene rings is 4. The van der Waals surface area contributed by atoms with Gasteiger partial charge in [-0.25, -0.2) is 10.2 Å². The van der Waals surface area contributed by atoms with Gasteiger partial charge in [0.05, 0.1) is 24.1 Å². The molecule has 0 aliphatic heterocycles. The molecule has 0 saturated heterocycles. The van der Waals surface area contributed by atoms with Gasteiger partial charge < -0.3 is 9.47 Å². The number of hydrogen-bond acceptors (Lipinski definition) is 6. The molecule has 0 aliphatic carbocycles. The monoisotopic (exact) mass is 576 g/mol. The van der Waals surface area contributed by atoms with Crippen LogP contribution in [0.4, 0.5) is 0 Å². The molecule has 8 heteroatoms. The number of hydrogen-bond donors (Lipinski definition) is 1. The Bertz CT molecular complexity index is 1420. The first-order valence-electron chi connectivity index (χ1n) is 11.6. The average Bonchev–Trinajstić information content (AvgIpc) is 2.92. The minimum absolute atomic E-state index is 0.201. The van der Waals surface area contributed by atoms with Crippen LogP contribution in [0.1, 0.15) is 28.4 Å². The number of halogens is 1. The van der Waals surface area contributed by atoms with Gasteiger partial charge in [-0.2, -0.15) is 5.10 Å². The zero-order chi connectivity index (χ0) is 26.0. The Hall–Kier alpha value is -3.62. The van der Waals surface area contributed by atoms with Crippen LogP contribution in [0, 0.1) is 0 Å². The zero-order valence-electron chi connectivity index (χ0n) is 20.1. The van der Waals surface area contributed by atoms with Crippen molar-refractivity contribution in [2.75, 3.05) is 12.4 Å². The molecule has 0 saturated carbocycles. The van der Waals surface area contributed by atoms with Crippen LogP contribution in [-0.2, 0) is 16.1 Å². The number of carbonyl (C=O) groups is 2. The number of fused-ring (bicyclic) bond motifs is 1. The van der Waals surface area contributed by atoms with Gasteiger partial charge in [-0.1, -0.05) is 64.5 Å². The van der Waals surface area contributed by atoms with Gasteiger partial charge in [0.15, 0.2) is 0 Å². The molecule has 0 fully saturated rings. The minimum atomic E-state index is -0.348. The molecule has 1 N–H and O–H groups in total. The van der Waals surface area contributed by atoms with Crippen molar-refractivity contribution in [3.8, 4) is 5.75 Å². The van der Waals surface area contributed by atoms with Crippen LogP contribution in [0.5, 0.6) is 5.75 Å². The molecule has 0 aromatic heterocycles. The second-order valence-electron chi connectivity index (χ2n) is 7.95. The lowest BCUT2D eigenvalue weighted by Crippen LogP contribution is -2.19. The SMILES string of the molecule is CCOC(=O)c1ccc(COc2ccc(Br)cc2/C=N\NC(=O)CSc2cccc3ccccc23)cc1. The van der Waals surface area contributed by atoms with Crippen molar-refractivity contribution >= 4 is 56.6 Å². The first-order valence-corrected chi connectivity index (χ1v) is 13.4. The van der Waals surface area contributed by atoms with E-state index in [0.717, 1.165) is 25.7 Å². The molecule has 4 rings (SSSR count). The molecule has 0 radical (unpaired) electrons. The Kier molecular flexibility index (Phi) is 9.35. The summed E-state index contributed by atoms with van der Waals surface area (Å²) in [7, 11) is 0. The fourth-order valence-corrected chi connectivity index (χ4v) is 4.78. The van der Waals surface area contributed by atoms with Gasteiger partial charge in [-0.15, -0.1) is 11.8 Å². The number of hydrazone groups is 1. The van der Waals surface area contributed by atoms with Crippen LogP contribution in [0.25, 0.3) is 10.8 Å². The first-order chi connectivity index (χ1) is 18.0. The standard InChI is InChI=1S/C29H25BrN2O4S/c1-2-35-29(34)22-12-10-20(11-13-22)18-36-26-15-14-24(30)16-23(26)17-31-32-28(33)19-37-27-9-5-7-21-6-3-4-8-25(21)27/h3-17H,2,18-19H2,1H3,(H,32,33)/b31-17-. The summed E-state index contributed by atoms with van der Waals surface area (Å²) in [5.74, 6) is 0.308. The molecule has 0 atom stereocenters. The molecule has 0 spiro atoms. The Morgan fingerprint density at radius 3 is 2.59 bits per heavy atom. The van der Waals surface area contributed by atoms with Crippen LogP contribution in [0.2, 0.25) is 0 Å². The summed E-state index contributed by atoms with van der Waals surface area (Å²) in [6, 6.07) is 26.8. The summed E-state index contributed by atoms with van der Waals surface area (Å²) in [6.07, 6.45) is 1.56. The molecule has 4 aromatic carbocycles. The highest BCUT2D eigenvalue weighted by atomic mass is 79.9. The number of nitrogens with zero attached hydrogens (tertiary/aromatic N) is 1. The molecule has 37 heavy (non-hydrogen) atoms. The Balaban J connectivity index is 1.34. The van der Waals surface area contributed by atoms with E-state index in [9.17, 15) is 9.59 Å². The van der Waals surface area contributed by atoms with E-state index in [2.05, 4.69) is 44.7 Å². The normalized spacial score (nSPS) is 11.0. The lowest BCUT2D eigenvalue weighted by Gasteiger charge is -2.10. The lowest BCUT2D eigenvalue weighted by molar-refractivity contribution is -0.118. The topological polar surface area (TPSA) is 77.0 Å². The van der Waals surface area contributed by atoms with E-state index in [4.69, 9.17) is 9.47 Å². The van der Waals surface area contributed by atoms with E-state index < -0.39 is 0 Å². The van der Waals surface area contributed by atoms with Gasteiger partial charge in [0, 0.05) is 14.9 Å². The number of rotatable bonds is 10. The van der Waals surface area contributed by atoms with Crippen molar-refractivity contribution < 1.29 is 19.1 Å². The Morgan fingerprint density at radius 2 is 1.78 bits per heavy atom. The highest BCUT2D eigenvalue weighted by molar-refractivity contribution is 9.10. The summed E-state index contributed by atoms with van der Waals surface area (Å²) in [5, 5.41) is 6.40. The third kappa shape index (κ3) is 7.44. The summed E-state index contributed by atoms with van der Waals surface area (Å²) in [5.41, 5.74) is 4.70. The first kappa shape index (κ1) is 26.4. The van der Waals surface area contributed by atoms with Crippen LogP contribution in [0.15, 0.2) is 99.4 Å². The maximum atomic E-state index is 12.4. The highest BCUT2D eigenvalue weighted by Gasteiger charge is 2.08. The number of thioether (sulfide) groups is 1. The summed E-state index contributed by atoms with van der Waals surface area (Å²) < 4.78 is 11.9. The number of amides is 1. The van der Waals surface area contributed by atoms with Crippen LogP contribution in [0.3, 0.4) is 0 Å². The molecule has 4 aromatic rings. The third-order valence-electron chi connectivity index (χ3n) is 5.33. The van der Waals surface area contributed by atoms with Crippen molar-refractivity contribution in [2.45, 2.75) is 18.4 Å². The van der Waals surface area contributed by atoms with Crippen molar-refractivity contribution in [3.05, 3.63) is 106 Å². The molecule has 1 amide bonds. The van der Waals surface area contributed by atoms with Crippen molar-refractivity contribution in [2.24, 2.45) is 5.10 Å². The smallest absolute Gasteiger partial charge is 0.338 e. The summed E-state index contributed by atoms with van der Waals surface area (Å²) in [4.78, 5) is 25.3. The summed E-state index contributed by atoms with van der Waals surface area (Å²) >= 11 is 4.94. The largest absolute Gasteiger partial charge is 0.488 e. The fraction of sp³-hybridized carbons (Fsp3) is 0.138. The van der Waals surface area contributed by atoms with Gasteiger partial charge in [0.2, 0.25) is 5.91 Å². The average molecular weight is 578 g/mol. The number of carbonyl (C=O) groups excluding carboxylic acids is 2. The second-order valence-corrected chi connectivity index (χ2v) is 9.88. The summed E-state index contributed by atoms with van der Waals surface area (Å²) in [6.45, 7) is 2.41. The Labute approximate surface area is 228 Å². The van der Waals surface area contributed by atoms with E-state index in [1.165, 1.54) is 11.8 Å². The van der Waals surface area contributed by atoms with Crippen molar-refractivity contribution in [3.63, 3.8) is 0 Å². The fourth-order valence-electron chi connectivity index (χ4n) is 3.54. The Morgan fingerprint density at radius 1 is 1.00 bits per heavy atom. The number of esters is 1. The van der Waals surface area contributed by atoms with Gasteiger partial charge in [0.1, 0.15) is 12.4 Å². The molecule has 0 unspecified atom stereocenters. The maximum Gasteiger partial charge on any atom is 0.338 e. The highest BCUT2D eigenvalue weighted by Crippen LogP contribution is 2.27. The lowest BCUT2D eigenvalue weighted by atomic mass is 10.1. The molecule has 188 valence electrons. The molecule has 0 heterocycles. The van der Waals surface area contributed by atoms with Gasteiger partial charge in [-0.05, 0) is 59.7 Å². The number of ether oxygens (including phenoxy) is 2. The third-order valence-corrected chi connectivity index (χ3v) is 6.90. The number of nitrogens with one attached hydrogen (secondary N) is 1. The predicted octanol–water partition coefficient (Wildman–Crippen LogP) is 6.60. The molecular weight excluding hydrogens is 552 g/mol. The van der Waals surface area contributed by atoms with Gasteiger partial charge >= 0.3 is 5.97 Å². The quantitative estimate of drug-likeness (QED) is 0.0995. The van der Waals surface area contributed by atoms with Crippen molar-refractivity contribution in [1.29, 1.82) is 0 Å². The van der Waals surface area contributed by atoms with E-state index in [0.29, 0.717) is 30.1 Å². The van der Waals surface area contributed by atoms with E-state index in [1.807, 2.05) is 54.6 Å². The molecule has 0 aliphatic rings. The van der Waals surface area contributed by atoms with Crippen molar-refractivity contribution in [1.82, 2.24) is 5.43 Å². The molecule has 0 bridgehead atoms. The maximum absolute atomic E-state index is 12.4. The van der Waals surface area contributed by atoms with Crippen LogP contribution >= 0.6 is 27.7 Å². The minimum Gasteiger partial charge on any atom is -0.488 e. The van der Waals surface area contributed by atoms with Crippen LogP contribution < -0.4 is 10.2 Å². The zero-order valence-corrected chi connectivity index (χ0v) is 22.6. The van der Waals surface area contributed by atoms with Gasteiger partial charge in [0.25, 0.3) is 0 Å². The van der Waals surface area contributed by atoms with E-state index in [1.54, 1.807) is 25.3 Å². The predicted molar refractivity (Wildman–Crippen MR) is 151 cm³/mol. The van der Waals surface area contributed by atoms with E-state index in [-0.39, 0.29) is 17.6 Å². The van der Waals surface area contributed by atoms with E-state index >= 15 is 0 Å². The molecule has 6 nitrogen and oxygen atoms in total. The van der Waals surface area contributed by atoms with Crippen LogP contribution in [-0.4, -0.2) is 30.5 Å².